The van der Waals surface area contributed by atoms with Crippen molar-refractivity contribution in [2.75, 3.05) is 7.11 Å². The molecule has 0 aliphatic rings. The Morgan fingerprint density at radius 2 is 1.10 bits per heavy atom. The average Bonchev–Trinajstić information content (AvgIpc) is 2.63. The minimum absolute atomic E-state index is 0.838. The zero-order valence-electron chi connectivity index (χ0n) is 11.2. The van der Waals surface area contributed by atoms with Gasteiger partial charge in [-0.15, -0.1) is 0 Å². The Bertz CT molecular complexity index is 404. The number of ether oxygens (including phenoxy) is 1. The molecule has 0 aliphatic carbocycles. The van der Waals surface area contributed by atoms with Gasteiger partial charge in [0.2, 0.25) is 0 Å². The third-order valence-electron chi connectivity index (χ3n) is 1.47. The van der Waals surface area contributed by atoms with E-state index in [4.69, 9.17) is 28.0 Å². The second-order valence-electron chi connectivity index (χ2n) is 2.36. The first-order valence-corrected chi connectivity index (χ1v) is 5.05. The van der Waals surface area contributed by atoms with Crippen molar-refractivity contribution in [1.29, 1.82) is 0 Å². The third kappa shape index (κ3) is 23.8. The van der Waals surface area contributed by atoms with Crippen molar-refractivity contribution in [3.8, 4) is 0 Å². The number of aryl methyl sites for hydroxylation is 1. The van der Waals surface area contributed by atoms with Crippen LogP contribution in [-0.4, -0.2) is 11.7 Å². The van der Waals surface area contributed by atoms with Gasteiger partial charge in [0.1, 0.15) is 0 Å². The monoisotopic (exact) mass is 326 g/mol. The molecule has 0 saturated heterocycles. The maximum atomic E-state index is 7.50. The molecule has 0 heterocycles. The normalized spacial score (nSPS) is 5.52. The van der Waals surface area contributed by atoms with Crippen LogP contribution >= 0.6 is 0 Å². The molecule has 0 spiro atoms. The molecule has 0 N–H and O–H groups in total. The summed E-state index contributed by atoms with van der Waals surface area (Å²) in [6, 6.07) is 8.19. The SMILES string of the molecule is CO[C](=[Cr])c1ccc(C)cc1.[C-]#[O+].[C-]#[O+].[C-]#[O+].[C-]#[O+].[C-]#[O+]. The van der Waals surface area contributed by atoms with Crippen LogP contribution in [0.1, 0.15) is 11.1 Å². The van der Waals surface area contributed by atoms with E-state index in [1.165, 1.54) is 5.56 Å². The molecule has 0 bridgehead atoms. The molecule has 1 aromatic carbocycles. The van der Waals surface area contributed by atoms with E-state index in [1.54, 1.807) is 7.11 Å². The molecule has 7 heteroatoms. The van der Waals surface area contributed by atoms with Crippen molar-refractivity contribution in [1.82, 2.24) is 0 Å². The molecule has 0 aromatic heterocycles. The zero-order valence-corrected chi connectivity index (χ0v) is 12.4. The molecule has 0 amide bonds. The van der Waals surface area contributed by atoms with Gasteiger partial charge < -0.3 is 0 Å². The average molecular weight is 326 g/mol. The number of benzene rings is 1. The van der Waals surface area contributed by atoms with Crippen LogP contribution in [-0.2, 0) is 43.8 Å². The summed E-state index contributed by atoms with van der Waals surface area (Å²) in [7, 11) is 1.66. The first kappa shape index (κ1) is 31.6. The maximum absolute atomic E-state index is 7.50. The second-order valence-corrected chi connectivity index (χ2v) is 2.94. The molecule has 0 aliphatic heterocycles. The molecule has 0 saturated carbocycles. The van der Waals surface area contributed by atoms with Gasteiger partial charge in [0.05, 0.1) is 0 Å². The van der Waals surface area contributed by atoms with Crippen molar-refractivity contribution < 1.29 is 43.8 Å². The predicted octanol–water partition coefficient (Wildman–Crippen LogP) is 1.48. The fourth-order valence-electron chi connectivity index (χ4n) is 0.807. The van der Waals surface area contributed by atoms with Crippen LogP contribution in [0.2, 0.25) is 0 Å². The van der Waals surface area contributed by atoms with Crippen LogP contribution < -0.4 is 0 Å². The Morgan fingerprint density at radius 1 is 0.810 bits per heavy atom. The van der Waals surface area contributed by atoms with Crippen LogP contribution in [0.4, 0.5) is 0 Å². The van der Waals surface area contributed by atoms with Gasteiger partial charge in [-0.2, -0.15) is 0 Å². The molecule has 0 atom stereocenters. The summed E-state index contributed by atoms with van der Waals surface area (Å²) in [5, 5.41) is 0. The molecule has 0 radical (unpaired) electrons. The number of rotatable bonds is 2. The second kappa shape index (κ2) is 36.2. The molecule has 6 nitrogen and oxygen atoms in total. The number of hydrogen-bond donors (Lipinski definition) is 0. The summed E-state index contributed by atoms with van der Waals surface area (Å²) in [6.07, 6.45) is 0. The van der Waals surface area contributed by atoms with Gasteiger partial charge >= 0.3 is 131 Å². The van der Waals surface area contributed by atoms with Gasteiger partial charge in [0, 0.05) is 0 Å². The number of methoxy groups -OCH3 is 1. The Morgan fingerprint density at radius 3 is 1.33 bits per heavy atom. The van der Waals surface area contributed by atoms with Crippen LogP contribution in [0.5, 0.6) is 0 Å². The van der Waals surface area contributed by atoms with E-state index in [9.17, 15) is 0 Å². The molecule has 1 rings (SSSR count). The molecule has 108 valence electrons. The first-order valence-electron chi connectivity index (χ1n) is 4.41. The fraction of sp³-hybridized carbons (Fsp3) is 0.143. The quantitative estimate of drug-likeness (QED) is 0.595. The van der Waals surface area contributed by atoms with E-state index in [2.05, 4.69) is 68.2 Å². The summed E-state index contributed by atoms with van der Waals surface area (Å²) in [6.45, 7) is 24.6. The molecule has 1 aromatic rings. The predicted molar refractivity (Wildman–Crippen MR) is 61.9 cm³/mol. The number of hydrogen-bond acceptors (Lipinski definition) is 1. The fourth-order valence-corrected chi connectivity index (χ4v) is 1.02. The van der Waals surface area contributed by atoms with Gasteiger partial charge in [-0.25, -0.2) is 0 Å². The van der Waals surface area contributed by atoms with Gasteiger partial charge in [-0.05, 0) is 0 Å². The topological polar surface area (TPSA) is 109 Å². The third-order valence-corrected chi connectivity index (χ3v) is 2.10. The Labute approximate surface area is 131 Å². The van der Waals surface area contributed by atoms with Gasteiger partial charge in [-0.3, -0.25) is 0 Å². The first-order chi connectivity index (χ1) is 10.2. The van der Waals surface area contributed by atoms with E-state index in [1.807, 2.05) is 12.1 Å². The van der Waals surface area contributed by atoms with Crippen molar-refractivity contribution >= 4 is 4.57 Å². The van der Waals surface area contributed by atoms with Crippen LogP contribution in [0.25, 0.3) is 0 Å². The van der Waals surface area contributed by atoms with E-state index in [-0.39, 0.29) is 0 Å². The van der Waals surface area contributed by atoms with Gasteiger partial charge in [0.15, 0.2) is 0 Å². The molecular formula is C14H10CrO6. The molecule has 0 fully saturated rings. The molecule has 21 heavy (non-hydrogen) atoms. The summed E-state index contributed by atoms with van der Waals surface area (Å²) >= 11 is 2.86. The Balaban J connectivity index is -0.0000000727. The van der Waals surface area contributed by atoms with Crippen LogP contribution in [0.3, 0.4) is 0 Å². The Kier molecular flexibility index (Phi) is 54.5. The zero-order chi connectivity index (χ0) is 18.3. The minimum atomic E-state index is 0.838. The van der Waals surface area contributed by atoms with Crippen molar-refractivity contribution in [2.45, 2.75) is 6.92 Å². The van der Waals surface area contributed by atoms with E-state index < -0.39 is 0 Å². The van der Waals surface area contributed by atoms with Crippen LogP contribution in [0, 0.1) is 40.2 Å². The van der Waals surface area contributed by atoms with Crippen molar-refractivity contribution in [3.05, 3.63) is 68.6 Å². The summed E-state index contributed by atoms with van der Waals surface area (Å²) in [4.78, 5) is 0. The van der Waals surface area contributed by atoms with Gasteiger partial charge in [-0.1, -0.05) is 0 Å². The van der Waals surface area contributed by atoms with Gasteiger partial charge in [0.25, 0.3) is 0 Å². The summed E-state index contributed by atoms with van der Waals surface area (Å²) in [5.74, 6) is 0. The standard InChI is InChI=1S/C9H10O.5CO.Cr/c1-8-3-5-9(6-4-8)7-10-2;5*1-2;/h3-6H,1-2H3;;;;;;. The summed E-state index contributed by atoms with van der Waals surface area (Å²) in [5.41, 5.74) is 2.36. The molecular weight excluding hydrogens is 316 g/mol. The van der Waals surface area contributed by atoms with E-state index in [0.29, 0.717) is 0 Å². The van der Waals surface area contributed by atoms with E-state index >= 15 is 0 Å². The summed E-state index contributed by atoms with van der Waals surface area (Å²) < 4.78 is 43.4. The molecule has 0 unspecified atom stereocenters. The van der Waals surface area contributed by atoms with Crippen molar-refractivity contribution in [2.24, 2.45) is 0 Å². The van der Waals surface area contributed by atoms with Crippen LogP contribution in [0.15, 0.2) is 24.3 Å². The van der Waals surface area contributed by atoms with E-state index in [0.717, 1.165) is 10.1 Å². The van der Waals surface area contributed by atoms with Crippen molar-refractivity contribution in [3.63, 3.8) is 0 Å². The Hall–Kier alpha value is -1.72.